The lowest BCUT2D eigenvalue weighted by atomic mass is 10.0. The minimum absolute atomic E-state index is 0.344. The summed E-state index contributed by atoms with van der Waals surface area (Å²) in [4.78, 5) is 4.90. The fourth-order valence-corrected chi connectivity index (χ4v) is 4.53. The van der Waals surface area contributed by atoms with Gasteiger partial charge in [-0.1, -0.05) is 44.0 Å². The first-order chi connectivity index (χ1) is 11.0. The summed E-state index contributed by atoms with van der Waals surface area (Å²) in [6, 6.07) is 8.66. The molecule has 0 bridgehead atoms. The molecule has 0 saturated heterocycles. The average Bonchev–Trinajstić information content (AvgIpc) is 3.18. The van der Waals surface area contributed by atoms with Gasteiger partial charge in [0.25, 0.3) is 0 Å². The molecule has 1 saturated carbocycles. The molecule has 2 aliphatic heterocycles. The Morgan fingerprint density at radius 3 is 2.59 bits per heavy atom. The van der Waals surface area contributed by atoms with E-state index in [4.69, 9.17) is 1.37 Å². The molecule has 0 amide bonds. The lowest BCUT2D eigenvalue weighted by Crippen LogP contribution is -2.43. The number of fused-ring (bicyclic) bond motifs is 1. The normalized spacial score (nSPS) is 32.1. The van der Waals surface area contributed by atoms with E-state index in [-0.39, 0.29) is 0 Å². The van der Waals surface area contributed by atoms with Gasteiger partial charge >= 0.3 is 0 Å². The predicted octanol–water partition coefficient (Wildman–Crippen LogP) is 5.03. The minimum Gasteiger partial charge on any atom is -0.328 e. The summed E-state index contributed by atoms with van der Waals surface area (Å²) in [6.07, 6.45) is 9.83. The highest BCUT2D eigenvalue weighted by atomic mass is 15.4. The molecule has 1 aromatic rings. The number of para-hydroxylation sites is 1. The van der Waals surface area contributed by atoms with Crippen molar-refractivity contribution >= 4 is 5.69 Å². The second-order valence-corrected chi connectivity index (χ2v) is 6.95. The zero-order valence-electron chi connectivity index (χ0n) is 14.8. The summed E-state index contributed by atoms with van der Waals surface area (Å²) in [5, 5.41) is 0. The zero-order valence-corrected chi connectivity index (χ0v) is 13.8. The lowest BCUT2D eigenvalue weighted by Gasteiger charge is -2.37. The number of aryl methyl sites for hydroxylation is 1. The topological polar surface area (TPSA) is 6.48 Å². The third kappa shape index (κ3) is 1.93. The molecule has 3 aliphatic rings. The molecule has 0 spiro atoms. The summed E-state index contributed by atoms with van der Waals surface area (Å²) in [6.45, 7) is 6.40. The molecule has 0 radical (unpaired) electrons. The van der Waals surface area contributed by atoms with Crippen molar-refractivity contribution < 1.29 is 1.37 Å². The third-order valence-corrected chi connectivity index (χ3v) is 5.57. The Balaban J connectivity index is 1.84. The first-order valence-electron chi connectivity index (χ1n) is 9.04. The molecule has 2 atom stereocenters. The molecule has 0 aromatic heterocycles. The quantitative estimate of drug-likeness (QED) is 0.755. The molecule has 2 heteroatoms. The monoisotopic (exact) mass is 295 g/mol. The second-order valence-electron chi connectivity index (χ2n) is 6.95. The van der Waals surface area contributed by atoms with Crippen molar-refractivity contribution in [2.45, 2.75) is 52.6 Å². The van der Waals surface area contributed by atoms with Gasteiger partial charge in [-0.05, 0) is 44.2 Å². The van der Waals surface area contributed by atoms with Gasteiger partial charge in [0.05, 0.1) is 0 Å². The molecule has 1 aromatic carbocycles. The summed E-state index contributed by atoms with van der Waals surface area (Å²) in [7, 11) is 0. The van der Waals surface area contributed by atoms with Crippen LogP contribution in [-0.4, -0.2) is 11.1 Å². The largest absolute Gasteiger partial charge is 0.328 e. The molecular formula is C20H26N2. The van der Waals surface area contributed by atoms with E-state index in [0.717, 1.165) is 5.70 Å². The molecule has 2 heterocycles. The number of anilines is 1. The van der Waals surface area contributed by atoms with E-state index >= 15 is 0 Å². The lowest BCUT2D eigenvalue weighted by molar-refractivity contribution is 0.268. The van der Waals surface area contributed by atoms with Crippen LogP contribution in [0.3, 0.4) is 0 Å². The van der Waals surface area contributed by atoms with Crippen LogP contribution in [0.15, 0.2) is 47.9 Å². The predicted molar refractivity (Wildman–Crippen MR) is 92.2 cm³/mol. The van der Waals surface area contributed by atoms with Gasteiger partial charge in [-0.3, -0.25) is 0 Å². The summed E-state index contributed by atoms with van der Waals surface area (Å²) >= 11 is 0. The molecule has 116 valence electrons. The van der Waals surface area contributed by atoms with Crippen molar-refractivity contribution in [2.75, 3.05) is 4.90 Å². The van der Waals surface area contributed by atoms with Crippen LogP contribution in [0.4, 0.5) is 5.69 Å². The molecule has 1 fully saturated rings. The van der Waals surface area contributed by atoms with E-state index in [1.54, 1.807) is 0 Å². The third-order valence-electron chi connectivity index (χ3n) is 5.57. The highest BCUT2D eigenvalue weighted by Gasteiger charge is 2.44. The van der Waals surface area contributed by atoms with Crippen molar-refractivity contribution in [3.8, 4) is 0 Å². The number of benzene rings is 1. The van der Waals surface area contributed by atoms with Crippen LogP contribution < -0.4 is 4.90 Å². The van der Waals surface area contributed by atoms with E-state index in [2.05, 4.69) is 54.1 Å². The second kappa shape index (κ2) is 5.19. The van der Waals surface area contributed by atoms with Crippen molar-refractivity contribution in [3.05, 3.63) is 53.5 Å². The smallest absolute Gasteiger partial charge is 0.113 e. The van der Waals surface area contributed by atoms with Gasteiger partial charge in [-0.2, -0.15) is 0 Å². The Hall–Kier alpha value is -1.70. The van der Waals surface area contributed by atoms with E-state index in [9.17, 15) is 0 Å². The standard InChI is InChI=1S/C20H26N2/c1-14-8-4-7-11-18(14)22-16(3)19-15(2)12-13-21(19)20(22)17-9-5-6-10-17/h4,7-8,11-13,15,17,20H,5-6,9-10H2,1-3H3/i15D. The van der Waals surface area contributed by atoms with Crippen LogP contribution in [0.5, 0.6) is 0 Å². The van der Waals surface area contributed by atoms with Gasteiger partial charge in [0.15, 0.2) is 0 Å². The Bertz CT molecular complexity index is 683. The van der Waals surface area contributed by atoms with Crippen molar-refractivity contribution in [1.82, 2.24) is 4.90 Å². The maximum absolute atomic E-state index is 8.70. The number of nitrogens with zero attached hydrogens (tertiary/aromatic N) is 2. The first kappa shape index (κ1) is 12.8. The highest BCUT2D eigenvalue weighted by molar-refractivity contribution is 5.62. The number of hydrogen-bond donors (Lipinski definition) is 0. The van der Waals surface area contributed by atoms with Crippen LogP contribution in [-0.2, 0) is 0 Å². The van der Waals surface area contributed by atoms with Crippen molar-refractivity contribution in [1.29, 1.82) is 0 Å². The van der Waals surface area contributed by atoms with Crippen molar-refractivity contribution in [2.24, 2.45) is 11.8 Å². The fourth-order valence-electron chi connectivity index (χ4n) is 4.53. The number of hydrogen-bond acceptors (Lipinski definition) is 2. The Morgan fingerprint density at radius 1 is 1.14 bits per heavy atom. The van der Waals surface area contributed by atoms with E-state index in [1.807, 2.05) is 13.0 Å². The minimum atomic E-state index is -0.613. The molecule has 22 heavy (non-hydrogen) atoms. The summed E-state index contributed by atoms with van der Waals surface area (Å²) in [5.74, 6) is 0.0684. The zero-order chi connectivity index (χ0) is 16.2. The SMILES string of the molecule is [2H]C1(C)C=CN2C1=C(C)N(c1ccccc1C)C2C1CCCC1. The van der Waals surface area contributed by atoms with Crippen molar-refractivity contribution in [3.63, 3.8) is 0 Å². The van der Waals surface area contributed by atoms with Gasteiger partial charge in [0, 0.05) is 30.5 Å². The molecule has 2 unspecified atom stereocenters. The van der Waals surface area contributed by atoms with Crippen LogP contribution in [0, 0.1) is 18.7 Å². The average molecular weight is 295 g/mol. The molecule has 2 nitrogen and oxygen atoms in total. The number of allylic oxidation sites excluding steroid dienone is 2. The fraction of sp³-hybridized carbons (Fsp3) is 0.500. The maximum atomic E-state index is 8.70. The van der Waals surface area contributed by atoms with Crippen LogP contribution in [0.1, 0.15) is 46.5 Å². The van der Waals surface area contributed by atoms with Gasteiger partial charge in [0.1, 0.15) is 6.17 Å². The maximum Gasteiger partial charge on any atom is 0.113 e. The first-order valence-corrected chi connectivity index (χ1v) is 8.54. The highest BCUT2D eigenvalue weighted by Crippen LogP contribution is 2.47. The van der Waals surface area contributed by atoms with Gasteiger partial charge in [-0.15, -0.1) is 0 Å². The van der Waals surface area contributed by atoms with E-state index in [1.165, 1.54) is 42.6 Å². The molecule has 0 N–H and O–H groups in total. The van der Waals surface area contributed by atoms with E-state index in [0.29, 0.717) is 12.1 Å². The summed E-state index contributed by atoms with van der Waals surface area (Å²) < 4.78 is 8.70. The Kier molecular flexibility index (Phi) is 3.02. The van der Waals surface area contributed by atoms with Gasteiger partial charge in [-0.25, -0.2) is 0 Å². The van der Waals surface area contributed by atoms with Crippen LogP contribution in [0.2, 0.25) is 0 Å². The number of rotatable bonds is 2. The Labute approximate surface area is 135 Å². The van der Waals surface area contributed by atoms with Crippen LogP contribution >= 0.6 is 0 Å². The summed E-state index contributed by atoms with van der Waals surface area (Å²) in [5.41, 5.74) is 5.02. The Morgan fingerprint density at radius 2 is 1.86 bits per heavy atom. The van der Waals surface area contributed by atoms with Gasteiger partial charge in [0.2, 0.25) is 0 Å². The molecular weight excluding hydrogens is 268 g/mol. The van der Waals surface area contributed by atoms with E-state index < -0.39 is 5.89 Å². The molecule has 4 rings (SSSR count). The van der Waals surface area contributed by atoms with Gasteiger partial charge < -0.3 is 9.80 Å². The molecule has 1 aliphatic carbocycles. The van der Waals surface area contributed by atoms with Crippen LogP contribution in [0.25, 0.3) is 0 Å².